The molecule has 3 aromatic rings. The van der Waals surface area contributed by atoms with Crippen molar-refractivity contribution in [3.05, 3.63) is 59.9 Å². The number of hydroxylamine groups is 1. The molecule has 1 aromatic carbocycles. The molecule has 3 heterocycles. The van der Waals surface area contributed by atoms with Crippen molar-refractivity contribution in [2.45, 2.75) is 33.9 Å². The molecule has 1 aliphatic rings. The molecule has 0 atom stereocenters. The first-order valence-electron chi connectivity index (χ1n) is 12.0. The quantitative estimate of drug-likeness (QED) is 0.342. The summed E-state index contributed by atoms with van der Waals surface area (Å²) in [4.78, 5) is 29.3. The van der Waals surface area contributed by atoms with Crippen LogP contribution in [-0.2, 0) is 22.7 Å². The normalized spacial score (nSPS) is 14.2. The van der Waals surface area contributed by atoms with Crippen molar-refractivity contribution in [3.8, 4) is 11.6 Å². The van der Waals surface area contributed by atoms with E-state index in [0.717, 1.165) is 47.6 Å². The van der Waals surface area contributed by atoms with Gasteiger partial charge in [0.15, 0.2) is 0 Å². The molecule has 0 unspecified atom stereocenters. The Hall–Kier alpha value is -3.47. The van der Waals surface area contributed by atoms with E-state index in [4.69, 9.17) is 14.3 Å². The Kier molecular flexibility index (Phi) is 7.88. The molecule has 36 heavy (non-hydrogen) atoms. The number of allylic oxidation sites excluding steroid dienone is 1. The Morgan fingerprint density at radius 2 is 2.03 bits per heavy atom. The predicted molar refractivity (Wildman–Crippen MR) is 137 cm³/mol. The first-order chi connectivity index (χ1) is 17.3. The van der Waals surface area contributed by atoms with Crippen LogP contribution in [0.1, 0.15) is 32.0 Å². The number of ether oxygens (including phenoxy) is 2. The van der Waals surface area contributed by atoms with Gasteiger partial charge in [-0.05, 0) is 30.3 Å². The molecule has 1 aliphatic heterocycles. The summed E-state index contributed by atoms with van der Waals surface area (Å²) in [6, 6.07) is 7.29. The Bertz CT molecular complexity index is 1250. The van der Waals surface area contributed by atoms with Crippen LogP contribution in [0.15, 0.2) is 48.6 Å². The van der Waals surface area contributed by atoms with Crippen LogP contribution in [0.4, 0.5) is 4.79 Å². The summed E-state index contributed by atoms with van der Waals surface area (Å²) in [7, 11) is 3.41. The maximum atomic E-state index is 12.8. The number of carbonyl (C=O) groups is 1. The number of amides is 1. The molecular formula is C26H34N6O4. The third-order valence-corrected chi connectivity index (χ3v) is 5.95. The lowest BCUT2D eigenvalue weighted by atomic mass is 9.93. The highest BCUT2D eigenvalue weighted by Gasteiger charge is 2.25. The van der Waals surface area contributed by atoms with Crippen LogP contribution in [-0.4, -0.2) is 59.3 Å². The topological polar surface area (TPSA) is 103 Å². The fourth-order valence-electron chi connectivity index (χ4n) is 4.08. The third kappa shape index (κ3) is 5.84. The summed E-state index contributed by atoms with van der Waals surface area (Å²) >= 11 is 0. The fourth-order valence-corrected chi connectivity index (χ4v) is 4.08. The molecule has 0 saturated heterocycles. The van der Waals surface area contributed by atoms with Gasteiger partial charge < -0.3 is 19.6 Å². The highest BCUT2D eigenvalue weighted by Crippen LogP contribution is 2.32. The minimum Gasteiger partial charge on any atom is -0.439 e. The lowest BCUT2D eigenvalue weighted by Gasteiger charge is -2.22. The van der Waals surface area contributed by atoms with Crippen LogP contribution in [0, 0.1) is 5.41 Å². The largest absolute Gasteiger partial charge is 0.439 e. The van der Waals surface area contributed by atoms with Gasteiger partial charge in [0.1, 0.15) is 17.8 Å². The standard InChI is InChI=1S/C26H34N6O4/c1-26(2,3)23(36-27-4)8-10-28-25(33)32-11-9-18-14-19(6-7-22(18)32)35-24-20-15-31(12-13-34-5)16-21(20)29-17-30-24/h6-9,11,14,17,27H,10,12-13,15-16H2,1-5H3,(H,28,33)/b23-8-. The molecule has 1 amide bonds. The number of methoxy groups -OCH3 is 1. The van der Waals surface area contributed by atoms with Gasteiger partial charge in [0.2, 0.25) is 5.88 Å². The molecule has 2 aromatic heterocycles. The molecule has 0 saturated carbocycles. The predicted octanol–water partition coefficient (Wildman–Crippen LogP) is 3.82. The molecule has 192 valence electrons. The summed E-state index contributed by atoms with van der Waals surface area (Å²) in [5.41, 5.74) is 5.27. The number of carbonyl (C=O) groups excluding carboxylic acids is 1. The number of rotatable bonds is 9. The maximum absolute atomic E-state index is 12.8. The SMILES string of the molecule is CNO/C(=C\CNC(=O)n1ccc2cc(Oc3ncnc4c3CN(CCOC)C4)ccc21)C(C)(C)C. The van der Waals surface area contributed by atoms with Crippen molar-refractivity contribution in [3.63, 3.8) is 0 Å². The highest BCUT2D eigenvalue weighted by molar-refractivity contribution is 5.92. The zero-order valence-corrected chi connectivity index (χ0v) is 21.5. The van der Waals surface area contributed by atoms with E-state index in [-0.39, 0.29) is 11.4 Å². The fraction of sp³-hybridized carbons (Fsp3) is 0.423. The first-order valence-corrected chi connectivity index (χ1v) is 12.0. The van der Waals surface area contributed by atoms with Gasteiger partial charge in [0.25, 0.3) is 0 Å². The van der Waals surface area contributed by atoms with Crippen LogP contribution in [0.25, 0.3) is 10.9 Å². The number of nitrogens with zero attached hydrogens (tertiary/aromatic N) is 4. The van der Waals surface area contributed by atoms with Gasteiger partial charge in [-0.3, -0.25) is 9.47 Å². The molecule has 0 radical (unpaired) electrons. The first kappa shape index (κ1) is 25.6. The highest BCUT2D eigenvalue weighted by atomic mass is 16.6. The molecule has 0 aliphatic carbocycles. The molecule has 4 rings (SSSR count). The summed E-state index contributed by atoms with van der Waals surface area (Å²) in [5, 5.41) is 3.81. The second-order valence-electron chi connectivity index (χ2n) is 9.63. The van der Waals surface area contributed by atoms with Gasteiger partial charge in [0.05, 0.1) is 23.4 Å². The zero-order valence-electron chi connectivity index (χ0n) is 21.5. The van der Waals surface area contributed by atoms with Crippen LogP contribution in [0.5, 0.6) is 11.6 Å². The molecule has 10 heteroatoms. The van der Waals surface area contributed by atoms with Crippen molar-refractivity contribution in [1.29, 1.82) is 0 Å². The van der Waals surface area contributed by atoms with Gasteiger partial charge in [-0.15, -0.1) is 0 Å². The van der Waals surface area contributed by atoms with Crippen molar-refractivity contribution in [2.24, 2.45) is 5.41 Å². The summed E-state index contributed by atoms with van der Waals surface area (Å²) in [6.07, 6.45) is 5.15. The minimum atomic E-state index is -0.225. The van der Waals surface area contributed by atoms with E-state index in [0.29, 0.717) is 24.8 Å². The molecular weight excluding hydrogens is 460 g/mol. The Morgan fingerprint density at radius 1 is 1.19 bits per heavy atom. The van der Waals surface area contributed by atoms with E-state index in [1.807, 2.05) is 51.1 Å². The number of hydrogen-bond donors (Lipinski definition) is 2. The van der Waals surface area contributed by atoms with Crippen LogP contribution < -0.4 is 15.5 Å². The lowest BCUT2D eigenvalue weighted by Crippen LogP contribution is -2.29. The van der Waals surface area contributed by atoms with Crippen molar-refractivity contribution < 1.29 is 19.1 Å². The van der Waals surface area contributed by atoms with E-state index in [1.54, 1.807) is 24.9 Å². The number of aromatic nitrogens is 3. The molecule has 0 bridgehead atoms. The van der Waals surface area contributed by atoms with E-state index in [9.17, 15) is 4.79 Å². The van der Waals surface area contributed by atoms with Crippen molar-refractivity contribution in [1.82, 2.24) is 30.2 Å². The smallest absolute Gasteiger partial charge is 0.326 e. The molecule has 0 spiro atoms. The molecule has 10 nitrogen and oxygen atoms in total. The molecule has 0 fully saturated rings. The van der Waals surface area contributed by atoms with Gasteiger partial charge in [-0.1, -0.05) is 20.8 Å². The van der Waals surface area contributed by atoms with Crippen molar-refractivity contribution in [2.75, 3.05) is 33.9 Å². The summed E-state index contributed by atoms with van der Waals surface area (Å²) in [5.74, 6) is 1.96. The van der Waals surface area contributed by atoms with E-state index in [2.05, 4.69) is 25.7 Å². The van der Waals surface area contributed by atoms with E-state index in [1.165, 1.54) is 6.33 Å². The number of nitrogens with one attached hydrogen (secondary N) is 2. The number of fused-ring (bicyclic) bond motifs is 2. The summed E-state index contributed by atoms with van der Waals surface area (Å²) < 4.78 is 12.9. The van der Waals surface area contributed by atoms with Gasteiger partial charge >= 0.3 is 6.03 Å². The molecule has 2 N–H and O–H groups in total. The van der Waals surface area contributed by atoms with Gasteiger partial charge in [0, 0.05) is 57.3 Å². The Labute approximate surface area is 211 Å². The number of benzene rings is 1. The zero-order chi connectivity index (χ0) is 25.7. The van der Waals surface area contributed by atoms with E-state index >= 15 is 0 Å². The van der Waals surface area contributed by atoms with Crippen LogP contribution in [0.2, 0.25) is 0 Å². The second-order valence-corrected chi connectivity index (χ2v) is 9.63. The minimum absolute atomic E-state index is 0.184. The second kappa shape index (κ2) is 11.1. The number of hydrogen-bond acceptors (Lipinski definition) is 8. The van der Waals surface area contributed by atoms with Crippen LogP contribution >= 0.6 is 0 Å². The lowest BCUT2D eigenvalue weighted by molar-refractivity contribution is 0.0811. The van der Waals surface area contributed by atoms with Gasteiger partial charge in [-0.25, -0.2) is 14.8 Å². The van der Waals surface area contributed by atoms with Crippen molar-refractivity contribution >= 4 is 16.9 Å². The van der Waals surface area contributed by atoms with Crippen LogP contribution in [0.3, 0.4) is 0 Å². The third-order valence-electron chi connectivity index (χ3n) is 5.95. The van der Waals surface area contributed by atoms with Gasteiger partial charge in [-0.2, -0.15) is 5.48 Å². The Morgan fingerprint density at radius 3 is 2.78 bits per heavy atom. The van der Waals surface area contributed by atoms with E-state index < -0.39 is 0 Å². The monoisotopic (exact) mass is 494 g/mol. The maximum Gasteiger partial charge on any atom is 0.326 e. The average Bonchev–Trinajstić information content (AvgIpc) is 3.46. The Balaban J connectivity index is 1.45. The summed E-state index contributed by atoms with van der Waals surface area (Å²) in [6.45, 7) is 9.44. The average molecular weight is 495 g/mol.